The minimum Gasteiger partial charge on any atom is -0.494 e. The van der Waals surface area contributed by atoms with Crippen molar-refractivity contribution in [2.75, 3.05) is 6.61 Å². The van der Waals surface area contributed by atoms with Crippen LogP contribution in [0, 0.1) is 5.92 Å². The number of ether oxygens (including phenoxy) is 1. The average Bonchev–Trinajstić information content (AvgIpc) is 2.21. The van der Waals surface area contributed by atoms with Crippen LogP contribution in [-0.2, 0) is 11.2 Å². The highest BCUT2D eigenvalue weighted by atomic mass is 16.5. The first-order valence-electron chi connectivity index (χ1n) is 5.08. The van der Waals surface area contributed by atoms with Gasteiger partial charge >= 0.3 is 5.97 Å². The molecular formula is C12H16O3. The van der Waals surface area contributed by atoms with Gasteiger partial charge in [-0.25, -0.2) is 0 Å². The monoisotopic (exact) mass is 208 g/mol. The standard InChI is InChI=1S/C12H16O3/c1-3-15-11-6-4-10(5-7-11)8-9(2)12(13)14/h4-7,9H,3,8H2,1-2H3,(H,13,14). The van der Waals surface area contributed by atoms with Gasteiger partial charge in [-0.05, 0) is 31.0 Å². The summed E-state index contributed by atoms with van der Waals surface area (Å²) in [6, 6.07) is 7.55. The summed E-state index contributed by atoms with van der Waals surface area (Å²) in [4.78, 5) is 10.6. The number of rotatable bonds is 5. The fourth-order valence-electron chi connectivity index (χ4n) is 1.33. The lowest BCUT2D eigenvalue weighted by Gasteiger charge is -2.07. The number of hydrogen-bond acceptors (Lipinski definition) is 2. The fraction of sp³-hybridized carbons (Fsp3) is 0.417. The fourth-order valence-corrected chi connectivity index (χ4v) is 1.33. The molecule has 1 aromatic rings. The Labute approximate surface area is 89.7 Å². The molecule has 0 radical (unpaired) electrons. The van der Waals surface area contributed by atoms with Gasteiger partial charge in [-0.15, -0.1) is 0 Å². The van der Waals surface area contributed by atoms with E-state index in [1.54, 1.807) is 6.92 Å². The summed E-state index contributed by atoms with van der Waals surface area (Å²) in [5, 5.41) is 8.76. The van der Waals surface area contributed by atoms with E-state index in [0.717, 1.165) is 11.3 Å². The molecular weight excluding hydrogens is 192 g/mol. The highest BCUT2D eigenvalue weighted by Crippen LogP contribution is 2.15. The van der Waals surface area contributed by atoms with Crippen LogP contribution in [0.1, 0.15) is 19.4 Å². The molecule has 15 heavy (non-hydrogen) atoms. The molecule has 3 heteroatoms. The second kappa shape index (κ2) is 5.39. The van der Waals surface area contributed by atoms with Crippen LogP contribution in [0.25, 0.3) is 0 Å². The van der Waals surface area contributed by atoms with Crippen molar-refractivity contribution in [2.24, 2.45) is 5.92 Å². The summed E-state index contributed by atoms with van der Waals surface area (Å²) in [5.74, 6) is -0.281. The van der Waals surface area contributed by atoms with E-state index in [2.05, 4.69) is 0 Å². The van der Waals surface area contributed by atoms with Crippen LogP contribution in [0.5, 0.6) is 5.75 Å². The van der Waals surface area contributed by atoms with E-state index in [-0.39, 0.29) is 5.92 Å². The normalized spacial score (nSPS) is 12.1. The predicted octanol–water partition coefficient (Wildman–Crippen LogP) is 2.35. The van der Waals surface area contributed by atoms with Gasteiger partial charge in [0.2, 0.25) is 0 Å². The lowest BCUT2D eigenvalue weighted by Crippen LogP contribution is -2.12. The number of carbonyl (C=O) groups is 1. The minimum atomic E-state index is -0.760. The van der Waals surface area contributed by atoms with Crippen molar-refractivity contribution in [1.29, 1.82) is 0 Å². The first kappa shape index (κ1) is 11.6. The highest BCUT2D eigenvalue weighted by Gasteiger charge is 2.11. The summed E-state index contributed by atoms with van der Waals surface area (Å²) in [7, 11) is 0. The van der Waals surface area contributed by atoms with E-state index in [1.807, 2.05) is 31.2 Å². The lowest BCUT2D eigenvalue weighted by atomic mass is 10.0. The van der Waals surface area contributed by atoms with Crippen LogP contribution < -0.4 is 4.74 Å². The van der Waals surface area contributed by atoms with Gasteiger partial charge < -0.3 is 9.84 Å². The van der Waals surface area contributed by atoms with Gasteiger partial charge in [-0.1, -0.05) is 19.1 Å². The Morgan fingerprint density at radius 1 is 1.40 bits per heavy atom. The molecule has 1 atom stereocenters. The van der Waals surface area contributed by atoms with Crippen molar-refractivity contribution in [3.8, 4) is 5.75 Å². The smallest absolute Gasteiger partial charge is 0.306 e. The second-order valence-electron chi connectivity index (χ2n) is 3.52. The largest absolute Gasteiger partial charge is 0.494 e. The zero-order chi connectivity index (χ0) is 11.3. The van der Waals surface area contributed by atoms with Gasteiger partial charge in [0.25, 0.3) is 0 Å². The van der Waals surface area contributed by atoms with Crippen molar-refractivity contribution < 1.29 is 14.6 Å². The molecule has 0 saturated heterocycles. The molecule has 0 bridgehead atoms. The molecule has 82 valence electrons. The number of hydrogen-bond donors (Lipinski definition) is 1. The Kier molecular flexibility index (Phi) is 4.16. The molecule has 0 fully saturated rings. The molecule has 0 aromatic heterocycles. The quantitative estimate of drug-likeness (QED) is 0.807. The Morgan fingerprint density at radius 2 is 2.00 bits per heavy atom. The van der Waals surface area contributed by atoms with Gasteiger partial charge in [0.1, 0.15) is 5.75 Å². The maximum atomic E-state index is 10.6. The van der Waals surface area contributed by atoms with Gasteiger partial charge in [0.15, 0.2) is 0 Å². The summed E-state index contributed by atoms with van der Waals surface area (Å²) in [6.07, 6.45) is 0.557. The maximum absolute atomic E-state index is 10.6. The number of benzene rings is 1. The van der Waals surface area contributed by atoms with Crippen LogP contribution in [-0.4, -0.2) is 17.7 Å². The van der Waals surface area contributed by atoms with E-state index >= 15 is 0 Å². The molecule has 0 amide bonds. The Balaban J connectivity index is 2.60. The van der Waals surface area contributed by atoms with E-state index < -0.39 is 5.97 Å². The molecule has 0 spiro atoms. The molecule has 1 aromatic carbocycles. The summed E-state index contributed by atoms with van der Waals surface area (Å²) in [6.45, 7) is 4.28. The lowest BCUT2D eigenvalue weighted by molar-refractivity contribution is -0.141. The summed E-state index contributed by atoms with van der Waals surface area (Å²) < 4.78 is 5.30. The molecule has 0 aliphatic carbocycles. The van der Waals surface area contributed by atoms with Crippen LogP contribution in [0.3, 0.4) is 0 Å². The second-order valence-corrected chi connectivity index (χ2v) is 3.52. The minimum absolute atomic E-state index is 0.344. The van der Waals surface area contributed by atoms with Crippen molar-refractivity contribution in [3.63, 3.8) is 0 Å². The number of aliphatic carboxylic acids is 1. The van der Waals surface area contributed by atoms with Crippen molar-refractivity contribution in [2.45, 2.75) is 20.3 Å². The molecule has 1 rings (SSSR count). The topological polar surface area (TPSA) is 46.5 Å². The SMILES string of the molecule is CCOc1ccc(CC(C)C(=O)O)cc1. The molecule has 0 saturated carbocycles. The maximum Gasteiger partial charge on any atom is 0.306 e. The third kappa shape index (κ3) is 3.62. The number of carboxylic acids is 1. The predicted molar refractivity (Wildman–Crippen MR) is 58.1 cm³/mol. The zero-order valence-electron chi connectivity index (χ0n) is 9.06. The zero-order valence-corrected chi connectivity index (χ0v) is 9.06. The first-order valence-corrected chi connectivity index (χ1v) is 5.08. The van der Waals surface area contributed by atoms with Crippen LogP contribution >= 0.6 is 0 Å². The van der Waals surface area contributed by atoms with Crippen molar-refractivity contribution in [3.05, 3.63) is 29.8 Å². The Bertz CT molecular complexity index is 316. The van der Waals surface area contributed by atoms with E-state index in [9.17, 15) is 4.79 Å². The first-order chi connectivity index (χ1) is 7.13. The highest BCUT2D eigenvalue weighted by molar-refractivity contribution is 5.69. The van der Waals surface area contributed by atoms with Gasteiger partial charge in [-0.2, -0.15) is 0 Å². The number of carboxylic acid groups (broad SMARTS) is 1. The molecule has 3 nitrogen and oxygen atoms in total. The Hall–Kier alpha value is -1.51. The molecule has 1 N–H and O–H groups in total. The van der Waals surface area contributed by atoms with Crippen LogP contribution in [0.2, 0.25) is 0 Å². The van der Waals surface area contributed by atoms with Crippen molar-refractivity contribution in [1.82, 2.24) is 0 Å². The van der Waals surface area contributed by atoms with E-state index in [4.69, 9.17) is 9.84 Å². The molecule has 1 unspecified atom stereocenters. The van der Waals surface area contributed by atoms with Crippen LogP contribution in [0.15, 0.2) is 24.3 Å². The van der Waals surface area contributed by atoms with E-state index in [0.29, 0.717) is 13.0 Å². The third-order valence-corrected chi connectivity index (χ3v) is 2.20. The van der Waals surface area contributed by atoms with Gasteiger partial charge in [0.05, 0.1) is 12.5 Å². The van der Waals surface area contributed by atoms with Crippen molar-refractivity contribution >= 4 is 5.97 Å². The third-order valence-electron chi connectivity index (χ3n) is 2.20. The summed E-state index contributed by atoms with van der Waals surface area (Å²) >= 11 is 0. The molecule has 0 heterocycles. The average molecular weight is 208 g/mol. The molecule has 0 aliphatic rings. The molecule has 0 aliphatic heterocycles. The van der Waals surface area contributed by atoms with Gasteiger partial charge in [-0.3, -0.25) is 4.79 Å². The Morgan fingerprint density at radius 3 is 2.47 bits per heavy atom. The van der Waals surface area contributed by atoms with Gasteiger partial charge in [0, 0.05) is 0 Å². The van der Waals surface area contributed by atoms with Crippen LogP contribution in [0.4, 0.5) is 0 Å². The van der Waals surface area contributed by atoms with E-state index in [1.165, 1.54) is 0 Å². The summed E-state index contributed by atoms with van der Waals surface area (Å²) in [5.41, 5.74) is 1.02.